The first-order valence-electron chi connectivity index (χ1n) is 7.99. The minimum atomic E-state index is -4.70. The van der Waals surface area contributed by atoms with E-state index in [-0.39, 0.29) is 17.7 Å². The van der Waals surface area contributed by atoms with Gasteiger partial charge in [-0.2, -0.15) is 18.3 Å². The van der Waals surface area contributed by atoms with Gasteiger partial charge in [-0.3, -0.25) is 4.79 Å². The first-order chi connectivity index (χ1) is 10.5. The molecular formula is C16H21F3N2O2. The minimum absolute atomic E-state index is 0.0627. The van der Waals surface area contributed by atoms with E-state index in [9.17, 15) is 23.1 Å². The van der Waals surface area contributed by atoms with Gasteiger partial charge in [-0.15, -0.1) is 0 Å². The third-order valence-electron chi connectivity index (χ3n) is 4.86. The summed E-state index contributed by atoms with van der Waals surface area (Å²) in [5.41, 5.74) is -3.10. The number of aliphatic hydroxyl groups is 1. The quantitative estimate of drug-likeness (QED) is 0.855. The van der Waals surface area contributed by atoms with Crippen LogP contribution in [-0.2, 0) is 18.3 Å². The molecule has 0 radical (unpaired) electrons. The summed E-state index contributed by atoms with van der Waals surface area (Å²) in [6, 6.07) is 0. The second kappa shape index (κ2) is 5.06. The van der Waals surface area contributed by atoms with E-state index >= 15 is 0 Å². The summed E-state index contributed by atoms with van der Waals surface area (Å²) < 4.78 is 41.1. The van der Waals surface area contributed by atoms with Crippen molar-refractivity contribution in [1.29, 1.82) is 0 Å². The number of Topliss-reactive ketones (excluding diaryl/α,β-unsaturated/α-hetero) is 1. The van der Waals surface area contributed by atoms with Gasteiger partial charge in [-0.05, 0) is 37.5 Å². The topological polar surface area (TPSA) is 55.1 Å². The summed E-state index contributed by atoms with van der Waals surface area (Å²) in [5, 5.41) is 14.6. The Morgan fingerprint density at radius 3 is 2.30 bits per heavy atom. The Hall–Kier alpha value is -1.37. The predicted molar refractivity (Wildman–Crippen MR) is 76.9 cm³/mol. The van der Waals surface area contributed by atoms with E-state index in [0.717, 1.165) is 23.9 Å². The Balaban J connectivity index is 2.20. The molecule has 23 heavy (non-hydrogen) atoms. The van der Waals surface area contributed by atoms with Crippen molar-refractivity contribution in [2.75, 3.05) is 0 Å². The Bertz CT molecular complexity index is 640. The van der Waals surface area contributed by atoms with Crippen molar-refractivity contribution in [2.24, 2.45) is 5.41 Å². The van der Waals surface area contributed by atoms with Crippen LogP contribution in [0.5, 0.6) is 0 Å². The average molecular weight is 330 g/mol. The van der Waals surface area contributed by atoms with Crippen molar-refractivity contribution in [1.82, 2.24) is 9.78 Å². The number of ketones is 1. The number of alkyl halides is 3. The van der Waals surface area contributed by atoms with Gasteiger partial charge in [0.1, 0.15) is 0 Å². The molecule has 0 atom stereocenters. The highest BCUT2D eigenvalue weighted by Crippen LogP contribution is 2.44. The maximum absolute atomic E-state index is 13.3. The highest BCUT2D eigenvalue weighted by Gasteiger charge is 2.48. The number of rotatable bonds is 1. The van der Waals surface area contributed by atoms with Crippen LogP contribution in [0.3, 0.4) is 0 Å². The van der Waals surface area contributed by atoms with Crippen LogP contribution in [0.25, 0.3) is 0 Å². The lowest BCUT2D eigenvalue weighted by Crippen LogP contribution is -2.39. The van der Waals surface area contributed by atoms with Crippen molar-refractivity contribution in [2.45, 2.75) is 70.7 Å². The average Bonchev–Trinajstić information content (AvgIpc) is 2.78. The zero-order valence-corrected chi connectivity index (χ0v) is 13.3. The van der Waals surface area contributed by atoms with E-state index in [2.05, 4.69) is 5.10 Å². The minimum Gasteiger partial charge on any atom is -0.369 e. The lowest BCUT2D eigenvalue weighted by Gasteiger charge is -2.36. The lowest BCUT2D eigenvalue weighted by molar-refractivity contribution is -0.143. The van der Waals surface area contributed by atoms with Crippen molar-refractivity contribution in [3.05, 3.63) is 17.0 Å². The van der Waals surface area contributed by atoms with E-state index in [1.165, 1.54) is 0 Å². The molecular weight excluding hydrogens is 309 g/mol. The zero-order valence-electron chi connectivity index (χ0n) is 13.3. The SMILES string of the molecule is CC1(C)CC(=O)c2c(C(F)(F)F)nn(C3(O)CCCCC3)c2C1. The molecule has 4 nitrogen and oxygen atoms in total. The van der Waals surface area contributed by atoms with Crippen molar-refractivity contribution >= 4 is 5.78 Å². The van der Waals surface area contributed by atoms with Gasteiger partial charge in [-0.25, -0.2) is 4.68 Å². The molecule has 0 bridgehead atoms. The van der Waals surface area contributed by atoms with Gasteiger partial charge >= 0.3 is 6.18 Å². The molecule has 1 saturated carbocycles. The molecule has 1 heterocycles. The molecule has 1 N–H and O–H groups in total. The molecule has 2 aliphatic rings. The predicted octanol–water partition coefficient (Wildman–Crippen LogP) is 3.67. The van der Waals surface area contributed by atoms with Crippen LogP contribution in [-0.4, -0.2) is 20.7 Å². The monoisotopic (exact) mass is 330 g/mol. The summed E-state index contributed by atoms with van der Waals surface area (Å²) in [4.78, 5) is 12.3. The number of halogens is 3. The van der Waals surface area contributed by atoms with E-state index in [1.54, 1.807) is 0 Å². The fourth-order valence-electron chi connectivity index (χ4n) is 3.82. The number of carbonyl (C=O) groups is 1. The molecule has 0 saturated heterocycles. The summed E-state index contributed by atoms with van der Waals surface area (Å²) in [6.07, 6.45) is -1.17. The highest BCUT2D eigenvalue weighted by atomic mass is 19.4. The van der Waals surface area contributed by atoms with Crippen LogP contribution in [0.2, 0.25) is 0 Å². The third-order valence-corrected chi connectivity index (χ3v) is 4.86. The van der Waals surface area contributed by atoms with E-state index in [4.69, 9.17) is 0 Å². The molecule has 0 aromatic carbocycles. The number of hydrogen-bond acceptors (Lipinski definition) is 3. The van der Waals surface area contributed by atoms with Gasteiger partial charge in [0.15, 0.2) is 17.2 Å². The van der Waals surface area contributed by atoms with Gasteiger partial charge in [0.25, 0.3) is 0 Å². The molecule has 1 aromatic heterocycles. The highest BCUT2D eigenvalue weighted by molar-refractivity contribution is 6.00. The second-order valence-corrected chi connectivity index (χ2v) is 7.56. The van der Waals surface area contributed by atoms with Crippen LogP contribution in [0.15, 0.2) is 0 Å². The van der Waals surface area contributed by atoms with E-state index < -0.39 is 28.8 Å². The number of aromatic nitrogens is 2. The first-order valence-corrected chi connectivity index (χ1v) is 7.99. The molecule has 0 aliphatic heterocycles. The van der Waals surface area contributed by atoms with E-state index in [1.807, 2.05) is 13.8 Å². The fourth-order valence-corrected chi connectivity index (χ4v) is 3.82. The smallest absolute Gasteiger partial charge is 0.369 e. The largest absolute Gasteiger partial charge is 0.435 e. The normalized spacial score (nSPS) is 23.7. The Kier molecular flexibility index (Phi) is 3.63. The van der Waals surface area contributed by atoms with Gasteiger partial charge < -0.3 is 5.11 Å². The first kappa shape index (κ1) is 16.5. The van der Waals surface area contributed by atoms with Gasteiger partial charge in [0, 0.05) is 6.42 Å². The van der Waals surface area contributed by atoms with Gasteiger partial charge in [0.2, 0.25) is 0 Å². The molecule has 0 unspecified atom stereocenters. The molecule has 0 spiro atoms. The van der Waals surface area contributed by atoms with Crippen molar-refractivity contribution in [3.8, 4) is 0 Å². The molecule has 2 aliphatic carbocycles. The third kappa shape index (κ3) is 2.79. The van der Waals surface area contributed by atoms with Crippen LogP contribution in [0.1, 0.15) is 74.1 Å². The molecule has 128 valence electrons. The molecule has 7 heteroatoms. The number of nitrogens with zero attached hydrogens (tertiary/aromatic N) is 2. The Labute approximate surface area is 132 Å². The van der Waals surface area contributed by atoms with Crippen LogP contribution >= 0.6 is 0 Å². The number of carbonyl (C=O) groups excluding carboxylic acids is 1. The zero-order chi connectivity index (χ0) is 17.0. The van der Waals surface area contributed by atoms with Crippen LogP contribution < -0.4 is 0 Å². The Morgan fingerprint density at radius 1 is 1.13 bits per heavy atom. The lowest BCUT2D eigenvalue weighted by atomic mass is 9.75. The fraction of sp³-hybridized carbons (Fsp3) is 0.750. The summed E-state index contributed by atoms with van der Waals surface area (Å²) in [6.45, 7) is 3.70. The maximum atomic E-state index is 13.3. The molecule has 3 rings (SSSR count). The van der Waals surface area contributed by atoms with Crippen LogP contribution in [0.4, 0.5) is 13.2 Å². The second-order valence-electron chi connectivity index (χ2n) is 7.56. The van der Waals surface area contributed by atoms with Crippen LogP contribution in [0, 0.1) is 5.41 Å². The van der Waals surface area contributed by atoms with Crippen molar-refractivity contribution in [3.63, 3.8) is 0 Å². The van der Waals surface area contributed by atoms with Gasteiger partial charge in [-0.1, -0.05) is 20.3 Å². The molecule has 0 amide bonds. The number of hydrogen-bond donors (Lipinski definition) is 1. The van der Waals surface area contributed by atoms with Gasteiger partial charge in [0.05, 0.1) is 11.3 Å². The Morgan fingerprint density at radius 2 is 1.74 bits per heavy atom. The van der Waals surface area contributed by atoms with Crippen molar-refractivity contribution < 1.29 is 23.1 Å². The maximum Gasteiger partial charge on any atom is 0.435 e. The summed E-state index contributed by atoms with van der Waals surface area (Å²) in [7, 11) is 0. The molecule has 1 fully saturated rings. The molecule has 1 aromatic rings. The number of fused-ring (bicyclic) bond motifs is 1. The standard InChI is InChI=1S/C16H21F3N2O2/c1-14(2)8-10-12(11(22)9-14)13(16(17,18)19)20-21(10)15(23)6-4-3-5-7-15/h23H,3-9H2,1-2H3. The van der Waals surface area contributed by atoms with E-state index in [0.29, 0.717) is 19.3 Å². The summed E-state index contributed by atoms with van der Waals surface area (Å²) in [5.74, 6) is -0.533. The summed E-state index contributed by atoms with van der Waals surface area (Å²) >= 11 is 0.